The molecule has 0 bridgehead atoms. The monoisotopic (exact) mass is 573 g/mol. The number of anilines is 1. The van der Waals surface area contributed by atoms with Gasteiger partial charge in [-0.1, -0.05) is 6.07 Å². The van der Waals surface area contributed by atoms with Crippen LogP contribution >= 0.6 is 0 Å². The molecule has 2 amide bonds. The number of rotatable bonds is 13. The summed E-state index contributed by atoms with van der Waals surface area (Å²) in [6, 6.07) is 5.61. The molecule has 2 aromatic rings. The smallest absolute Gasteiger partial charge is 0.327 e. The number of nitrogens with zero attached hydrogens (tertiary/aromatic N) is 2. The van der Waals surface area contributed by atoms with Crippen LogP contribution in [-0.2, 0) is 27.7 Å². The molecule has 1 saturated heterocycles. The SMILES string of the molecule is CCOCCn1cc(CCNO)c2ccc(N3C=C4C=C(CCS(=O)(=O)NC5CCNCC5)NC4NC3=O)cc21. The van der Waals surface area contributed by atoms with E-state index < -0.39 is 16.2 Å². The summed E-state index contributed by atoms with van der Waals surface area (Å²) in [6.07, 6.45) is 7.97. The Morgan fingerprint density at radius 1 is 1.18 bits per heavy atom. The number of piperidine rings is 1. The first-order chi connectivity index (χ1) is 19.4. The van der Waals surface area contributed by atoms with E-state index in [9.17, 15) is 13.2 Å². The molecular weight excluding hydrogens is 534 g/mol. The summed E-state index contributed by atoms with van der Waals surface area (Å²) < 4.78 is 35.8. The van der Waals surface area contributed by atoms with E-state index in [1.807, 2.05) is 31.2 Å². The highest BCUT2D eigenvalue weighted by molar-refractivity contribution is 7.89. The van der Waals surface area contributed by atoms with Crippen LogP contribution in [-0.4, -0.2) is 75.0 Å². The number of benzene rings is 1. The van der Waals surface area contributed by atoms with Crippen molar-refractivity contribution in [2.75, 3.05) is 43.5 Å². The summed E-state index contributed by atoms with van der Waals surface area (Å²) in [5, 5.41) is 19.6. The lowest BCUT2D eigenvalue weighted by Crippen LogP contribution is -2.51. The summed E-state index contributed by atoms with van der Waals surface area (Å²) in [5.41, 5.74) is 6.64. The lowest BCUT2D eigenvalue weighted by Gasteiger charge is -2.29. The molecule has 4 heterocycles. The zero-order chi connectivity index (χ0) is 28.1. The molecule has 1 aromatic heterocycles. The maximum absolute atomic E-state index is 13.1. The maximum Gasteiger partial charge on any atom is 0.327 e. The van der Waals surface area contributed by atoms with Crippen molar-refractivity contribution in [1.29, 1.82) is 0 Å². The van der Waals surface area contributed by atoms with Crippen LogP contribution in [0.5, 0.6) is 0 Å². The molecule has 0 radical (unpaired) electrons. The van der Waals surface area contributed by atoms with E-state index in [4.69, 9.17) is 9.94 Å². The standard InChI is InChI=1S/C27H39N7O5S/c1-2-39-13-12-33-17-19(5-11-29-36)24-4-3-23(16-25(24)33)34-18-20-15-22(30-26(20)31-27(34)35)8-14-40(37,38)32-21-6-9-28-10-7-21/h3-4,15-18,21,26,28-30,32,36H,2,5-14H2,1H3,(H,31,35). The maximum atomic E-state index is 13.1. The number of hydrogen-bond donors (Lipinski definition) is 6. The van der Waals surface area contributed by atoms with Crippen molar-refractivity contribution in [2.24, 2.45) is 0 Å². The number of carbonyl (C=O) groups excluding carboxylic acids is 1. The van der Waals surface area contributed by atoms with E-state index in [0.717, 1.165) is 53.7 Å². The molecule has 3 aliphatic rings. The molecule has 218 valence electrons. The molecule has 1 unspecified atom stereocenters. The fourth-order valence-corrected chi connectivity index (χ4v) is 6.80. The number of ether oxygens (including phenoxy) is 1. The predicted octanol–water partition coefficient (Wildman–Crippen LogP) is 1.49. The minimum absolute atomic E-state index is 0.0169. The molecule has 1 aromatic carbocycles. The van der Waals surface area contributed by atoms with Crippen LogP contribution in [0.2, 0.25) is 0 Å². The van der Waals surface area contributed by atoms with E-state index in [1.54, 1.807) is 11.1 Å². The van der Waals surface area contributed by atoms with Gasteiger partial charge in [0.1, 0.15) is 6.17 Å². The van der Waals surface area contributed by atoms with Gasteiger partial charge in [0, 0.05) is 61.2 Å². The van der Waals surface area contributed by atoms with Crippen LogP contribution < -0.4 is 31.1 Å². The third-order valence-electron chi connectivity index (χ3n) is 7.51. The van der Waals surface area contributed by atoms with Gasteiger partial charge < -0.3 is 30.5 Å². The van der Waals surface area contributed by atoms with Crippen molar-refractivity contribution in [3.05, 3.63) is 53.5 Å². The van der Waals surface area contributed by atoms with Gasteiger partial charge in [0.15, 0.2) is 0 Å². The van der Waals surface area contributed by atoms with Crippen LogP contribution in [0.15, 0.2) is 47.9 Å². The number of allylic oxidation sites excluding steroid dienone is 1. The topological polar surface area (TPSA) is 149 Å². The molecule has 0 saturated carbocycles. The van der Waals surface area contributed by atoms with Crippen LogP contribution in [0, 0.1) is 0 Å². The predicted molar refractivity (Wildman–Crippen MR) is 153 cm³/mol. The number of sulfonamides is 1. The van der Waals surface area contributed by atoms with Crippen molar-refractivity contribution in [1.82, 2.24) is 30.7 Å². The lowest BCUT2D eigenvalue weighted by molar-refractivity contribution is 0.140. The summed E-state index contributed by atoms with van der Waals surface area (Å²) in [5.74, 6) is -0.0169. The van der Waals surface area contributed by atoms with Crippen molar-refractivity contribution in [3.8, 4) is 0 Å². The second-order valence-electron chi connectivity index (χ2n) is 10.3. The molecule has 13 heteroatoms. The molecule has 0 spiro atoms. The molecule has 0 aliphatic carbocycles. The Morgan fingerprint density at radius 3 is 2.77 bits per heavy atom. The summed E-state index contributed by atoms with van der Waals surface area (Å²) in [6.45, 7) is 5.91. The molecule has 6 N–H and O–H groups in total. The third kappa shape index (κ3) is 6.67. The normalized spacial score (nSPS) is 19.8. The van der Waals surface area contributed by atoms with Crippen molar-refractivity contribution in [3.63, 3.8) is 0 Å². The summed E-state index contributed by atoms with van der Waals surface area (Å²) in [7, 11) is -3.41. The van der Waals surface area contributed by atoms with Crippen molar-refractivity contribution < 1.29 is 23.2 Å². The van der Waals surface area contributed by atoms with Gasteiger partial charge in [0.05, 0.1) is 23.6 Å². The molecule has 5 rings (SSSR count). The quantitative estimate of drug-likeness (QED) is 0.156. The minimum Gasteiger partial charge on any atom is -0.380 e. The number of carbonyl (C=O) groups is 1. The van der Waals surface area contributed by atoms with Gasteiger partial charge in [0.25, 0.3) is 0 Å². The molecule has 12 nitrogen and oxygen atoms in total. The number of aromatic nitrogens is 1. The van der Waals surface area contributed by atoms with E-state index in [2.05, 4.69) is 36.9 Å². The Balaban J connectivity index is 1.31. The van der Waals surface area contributed by atoms with Gasteiger partial charge in [-0.15, -0.1) is 0 Å². The van der Waals surface area contributed by atoms with Gasteiger partial charge in [-0.2, -0.15) is 0 Å². The van der Waals surface area contributed by atoms with E-state index in [1.165, 1.54) is 0 Å². The zero-order valence-corrected chi connectivity index (χ0v) is 23.6. The number of fused-ring (bicyclic) bond motifs is 2. The highest BCUT2D eigenvalue weighted by Gasteiger charge is 2.31. The first-order valence-electron chi connectivity index (χ1n) is 13.9. The van der Waals surface area contributed by atoms with Crippen LogP contribution in [0.3, 0.4) is 0 Å². The second kappa shape index (κ2) is 12.7. The highest BCUT2D eigenvalue weighted by Crippen LogP contribution is 2.30. The van der Waals surface area contributed by atoms with Crippen molar-refractivity contribution >= 4 is 32.6 Å². The van der Waals surface area contributed by atoms with Crippen LogP contribution in [0.1, 0.15) is 31.7 Å². The Bertz CT molecular complexity index is 1380. The number of urea groups is 1. The van der Waals surface area contributed by atoms with Gasteiger partial charge in [-0.05, 0) is 63.0 Å². The third-order valence-corrected chi connectivity index (χ3v) is 8.94. The average molecular weight is 574 g/mol. The first-order valence-corrected chi connectivity index (χ1v) is 15.6. The van der Waals surface area contributed by atoms with Gasteiger partial charge in [-0.25, -0.2) is 23.4 Å². The van der Waals surface area contributed by atoms with Crippen molar-refractivity contribution in [2.45, 2.75) is 51.4 Å². The number of nitrogens with one attached hydrogen (secondary N) is 5. The molecule has 40 heavy (non-hydrogen) atoms. The molecule has 3 aliphatic heterocycles. The number of hydrogen-bond acceptors (Lipinski definition) is 8. The summed E-state index contributed by atoms with van der Waals surface area (Å²) in [4.78, 5) is 14.7. The average Bonchev–Trinajstić information content (AvgIpc) is 3.50. The Morgan fingerprint density at radius 2 is 2.00 bits per heavy atom. The summed E-state index contributed by atoms with van der Waals surface area (Å²) >= 11 is 0. The lowest BCUT2D eigenvalue weighted by atomic mass is 10.1. The zero-order valence-electron chi connectivity index (χ0n) is 22.8. The van der Waals surface area contributed by atoms with Gasteiger partial charge in [0.2, 0.25) is 10.0 Å². The highest BCUT2D eigenvalue weighted by atomic mass is 32.2. The fraction of sp³-hybridized carbons (Fsp3) is 0.519. The first kappa shape index (κ1) is 28.6. The largest absolute Gasteiger partial charge is 0.380 e. The second-order valence-corrected chi connectivity index (χ2v) is 12.2. The number of amides is 2. The fourth-order valence-electron chi connectivity index (χ4n) is 5.45. The van der Waals surface area contributed by atoms with E-state index in [-0.39, 0.29) is 17.8 Å². The van der Waals surface area contributed by atoms with E-state index >= 15 is 0 Å². The number of hydroxylamine groups is 1. The molecule has 1 atom stereocenters. The van der Waals surface area contributed by atoms with Gasteiger partial charge >= 0.3 is 6.03 Å². The van der Waals surface area contributed by atoms with Crippen LogP contribution in [0.4, 0.5) is 10.5 Å². The van der Waals surface area contributed by atoms with Crippen LogP contribution in [0.25, 0.3) is 10.9 Å². The van der Waals surface area contributed by atoms with E-state index in [0.29, 0.717) is 44.8 Å². The molecule has 1 fully saturated rings. The molecular formula is C27H39N7O5S. The Kier molecular flexibility index (Phi) is 9.08. The Labute approximate surface area is 234 Å². The minimum atomic E-state index is -3.41. The Hall–Kier alpha value is -2.94. The van der Waals surface area contributed by atoms with Gasteiger partial charge in [-0.3, -0.25) is 4.90 Å².